The molecule has 34 heavy (non-hydrogen) atoms. The van der Waals surface area contributed by atoms with Gasteiger partial charge in [-0.1, -0.05) is 41.6 Å². The minimum atomic E-state index is -0.121. The monoisotopic (exact) mass is 493 g/mol. The number of amides is 1. The summed E-state index contributed by atoms with van der Waals surface area (Å²) in [6.45, 7) is 0.217. The van der Waals surface area contributed by atoms with Crippen molar-refractivity contribution in [1.29, 1.82) is 0 Å². The molecule has 1 aromatic heterocycles. The van der Waals surface area contributed by atoms with E-state index in [0.717, 1.165) is 17.1 Å². The van der Waals surface area contributed by atoms with Gasteiger partial charge < -0.3 is 15.0 Å². The first-order valence-corrected chi connectivity index (χ1v) is 11.9. The van der Waals surface area contributed by atoms with E-state index in [0.29, 0.717) is 21.8 Å². The minimum Gasteiger partial charge on any atom is -0.486 e. The summed E-state index contributed by atoms with van der Waals surface area (Å²) in [5.74, 6) is 1.38. The number of rotatable bonds is 9. The van der Waals surface area contributed by atoms with E-state index in [1.165, 1.54) is 11.8 Å². The van der Waals surface area contributed by atoms with Crippen molar-refractivity contribution in [2.24, 2.45) is 0 Å². The third-order valence-corrected chi connectivity index (χ3v) is 6.08. The van der Waals surface area contributed by atoms with Crippen LogP contribution in [0.5, 0.6) is 5.75 Å². The molecule has 0 aliphatic carbocycles. The molecule has 0 aliphatic rings. The Balaban J connectivity index is 1.45. The fourth-order valence-electron chi connectivity index (χ4n) is 3.17. The van der Waals surface area contributed by atoms with Crippen molar-refractivity contribution in [2.75, 3.05) is 30.1 Å². The smallest absolute Gasteiger partial charge is 0.234 e. The highest BCUT2D eigenvalue weighted by atomic mass is 35.5. The molecule has 0 fully saturated rings. The quantitative estimate of drug-likeness (QED) is 0.319. The van der Waals surface area contributed by atoms with Gasteiger partial charge in [-0.25, -0.2) is 0 Å². The number of benzene rings is 3. The second-order valence-corrected chi connectivity index (χ2v) is 8.97. The zero-order chi connectivity index (χ0) is 23.9. The van der Waals surface area contributed by atoms with Crippen LogP contribution in [0.4, 0.5) is 11.4 Å². The number of hydrogen-bond donors (Lipinski definition) is 1. The number of carbonyl (C=O) groups is 1. The van der Waals surface area contributed by atoms with Crippen LogP contribution in [0.2, 0.25) is 5.02 Å². The number of hydrogen-bond acceptors (Lipinski definition) is 6. The molecule has 4 aromatic rings. The largest absolute Gasteiger partial charge is 0.486 e. The second-order valence-electron chi connectivity index (χ2n) is 7.59. The fraction of sp³-hybridized carbons (Fsp3) is 0.160. The summed E-state index contributed by atoms with van der Waals surface area (Å²) in [6, 6.07) is 24.6. The number of aromatic nitrogens is 3. The van der Waals surface area contributed by atoms with E-state index in [-0.39, 0.29) is 18.3 Å². The van der Waals surface area contributed by atoms with Crippen LogP contribution in [-0.2, 0) is 11.4 Å². The highest BCUT2D eigenvalue weighted by molar-refractivity contribution is 7.99. The van der Waals surface area contributed by atoms with Crippen molar-refractivity contribution in [3.8, 4) is 11.4 Å². The maximum atomic E-state index is 12.6. The number of carbonyl (C=O) groups excluding carboxylic acids is 1. The molecule has 0 aliphatic heterocycles. The van der Waals surface area contributed by atoms with Gasteiger partial charge in [0.25, 0.3) is 0 Å². The van der Waals surface area contributed by atoms with Crippen LogP contribution in [0.25, 0.3) is 5.69 Å². The van der Waals surface area contributed by atoms with Crippen LogP contribution in [0.1, 0.15) is 5.82 Å². The summed E-state index contributed by atoms with van der Waals surface area (Å²) in [5.41, 5.74) is 2.71. The lowest BCUT2D eigenvalue weighted by atomic mass is 10.2. The van der Waals surface area contributed by atoms with Crippen molar-refractivity contribution in [1.82, 2.24) is 14.8 Å². The third-order valence-electron chi connectivity index (χ3n) is 4.90. The van der Waals surface area contributed by atoms with Crippen LogP contribution >= 0.6 is 23.4 Å². The topological polar surface area (TPSA) is 72.3 Å². The van der Waals surface area contributed by atoms with Gasteiger partial charge >= 0.3 is 0 Å². The zero-order valence-corrected chi connectivity index (χ0v) is 20.4. The lowest BCUT2D eigenvalue weighted by Crippen LogP contribution is -2.15. The molecule has 0 radical (unpaired) electrons. The molecule has 0 spiro atoms. The van der Waals surface area contributed by atoms with Gasteiger partial charge in [-0.2, -0.15) is 0 Å². The van der Waals surface area contributed by atoms with Crippen LogP contribution in [0.15, 0.2) is 84.0 Å². The van der Waals surface area contributed by atoms with E-state index < -0.39 is 0 Å². The van der Waals surface area contributed by atoms with Crippen molar-refractivity contribution >= 4 is 40.6 Å². The van der Waals surface area contributed by atoms with Crippen molar-refractivity contribution in [2.45, 2.75) is 11.8 Å². The standard InChI is InChI=1S/C25H24ClN5O2S/c1-30(2)20-12-10-19(11-13-20)27-24(32)17-34-25-29-28-23(31(25)21-6-4-3-5-7-21)16-33-22-14-8-18(26)9-15-22/h3-15H,16-17H2,1-2H3,(H,27,32). The number of nitrogens with one attached hydrogen (secondary N) is 1. The molecule has 3 aromatic carbocycles. The second kappa shape index (κ2) is 11.1. The summed E-state index contributed by atoms with van der Waals surface area (Å²) in [4.78, 5) is 14.6. The molecule has 0 unspecified atom stereocenters. The lowest BCUT2D eigenvalue weighted by Gasteiger charge is -2.13. The first-order chi connectivity index (χ1) is 16.5. The Labute approximate surface area is 207 Å². The molecule has 4 rings (SSSR count). The molecule has 0 saturated carbocycles. The van der Waals surface area contributed by atoms with Gasteiger partial charge in [0.15, 0.2) is 11.0 Å². The number of thioether (sulfide) groups is 1. The molecule has 1 N–H and O–H groups in total. The number of halogens is 1. The van der Waals surface area contributed by atoms with Crippen LogP contribution < -0.4 is 15.0 Å². The molecule has 9 heteroatoms. The van der Waals surface area contributed by atoms with Crippen LogP contribution in [0.3, 0.4) is 0 Å². The van der Waals surface area contributed by atoms with Crippen LogP contribution in [0, 0.1) is 0 Å². The van der Waals surface area contributed by atoms with Gasteiger partial charge in [0.2, 0.25) is 5.91 Å². The van der Waals surface area contributed by atoms with E-state index >= 15 is 0 Å². The Kier molecular flexibility index (Phi) is 7.72. The molecule has 7 nitrogen and oxygen atoms in total. The van der Waals surface area contributed by atoms with E-state index in [1.54, 1.807) is 24.3 Å². The van der Waals surface area contributed by atoms with Gasteiger partial charge in [-0.05, 0) is 60.7 Å². The Bertz CT molecular complexity index is 1230. The average molecular weight is 494 g/mol. The lowest BCUT2D eigenvalue weighted by molar-refractivity contribution is -0.113. The minimum absolute atomic E-state index is 0.121. The SMILES string of the molecule is CN(C)c1ccc(NC(=O)CSc2nnc(COc3ccc(Cl)cc3)n2-c2ccccc2)cc1. The zero-order valence-electron chi connectivity index (χ0n) is 18.8. The molecule has 174 valence electrons. The molecular formula is C25H24ClN5O2S. The number of nitrogens with zero attached hydrogens (tertiary/aromatic N) is 4. The van der Waals surface area contributed by atoms with Crippen LogP contribution in [-0.4, -0.2) is 40.5 Å². The fourth-order valence-corrected chi connectivity index (χ4v) is 4.07. The average Bonchev–Trinajstić information content (AvgIpc) is 3.26. The van der Waals surface area contributed by atoms with Crippen molar-refractivity contribution in [3.05, 3.63) is 89.7 Å². The normalized spacial score (nSPS) is 10.7. The third kappa shape index (κ3) is 6.09. The van der Waals surface area contributed by atoms with Gasteiger partial charge in [0.1, 0.15) is 12.4 Å². The van der Waals surface area contributed by atoms with Gasteiger partial charge in [-0.15, -0.1) is 10.2 Å². The molecule has 0 saturated heterocycles. The van der Waals surface area contributed by atoms with Gasteiger partial charge in [0.05, 0.1) is 5.75 Å². The van der Waals surface area contributed by atoms with Crippen molar-refractivity contribution < 1.29 is 9.53 Å². The van der Waals surface area contributed by atoms with E-state index in [2.05, 4.69) is 15.5 Å². The predicted molar refractivity (Wildman–Crippen MR) is 137 cm³/mol. The Morgan fingerprint density at radius 2 is 1.71 bits per heavy atom. The highest BCUT2D eigenvalue weighted by Gasteiger charge is 2.16. The predicted octanol–water partition coefficient (Wildman–Crippen LogP) is 5.30. The number of anilines is 2. The first kappa shape index (κ1) is 23.7. The van der Waals surface area contributed by atoms with E-state index in [1.807, 2.05) is 78.2 Å². The Hall–Kier alpha value is -3.49. The summed E-state index contributed by atoms with van der Waals surface area (Å²) >= 11 is 7.27. The molecule has 0 bridgehead atoms. The van der Waals surface area contributed by atoms with E-state index in [4.69, 9.17) is 16.3 Å². The summed E-state index contributed by atoms with van der Waals surface area (Å²) in [7, 11) is 3.95. The maximum Gasteiger partial charge on any atom is 0.234 e. The molecule has 1 heterocycles. The summed E-state index contributed by atoms with van der Waals surface area (Å²) in [6.07, 6.45) is 0. The van der Waals surface area contributed by atoms with Gasteiger partial charge in [0, 0.05) is 36.2 Å². The number of para-hydroxylation sites is 1. The summed E-state index contributed by atoms with van der Waals surface area (Å²) in [5, 5.41) is 12.8. The Morgan fingerprint density at radius 3 is 2.38 bits per heavy atom. The van der Waals surface area contributed by atoms with Gasteiger partial charge in [-0.3, -0.25) is 9.36 Å². The molecule has 0 atom stereocenters. The maximum absolute atomic E-state index is 12.6. The Morgan fingerprint density at radius 1 is 1.00 bits per heavy atom. The molecule has 1 amide bonds. The first-order valence-electron chi connectivity index (χ1n) is 10.6. The number of ether oxygens (including phenoxy) is 1. The van der Waals surface area contributed by atoms with Crippen molar-refractivity contribution in [3.63, 3.8) is 0 Å². The van der Waals surface area contributed by atoms with E-state index in [9.17, 15) is 4.79 Å². The summed E-state index contributed by atoms with van der Waals surface area (Å²) < 4.78 is 7.78. The molecular weight excluding hydrogens is 470 g/mol. The highest BCUT2D eigenvalue weighted by Crippen LogP contribution is 2.24.